The van der Waals surface area contributed by atoms with Gasteiger partial charge in [-0.2, -0.15) is 0 Å². The van der Waals surface area contributed by atoms with Crippen molar-refractivity contribution in [2.75, 3.05) is 45.6 Å². The first-order valence-electron chi connectivity index (χ1n) is 15.9. The number of likely N-dealkylation sites (tertiary alicyclic amines) is 1. The number of anilines is 1. The number of amides is 1. The van der Waals surface area contributed by atoms with Gasteiger partial charge in [0, 0.05) is 47.3 Å². The summed E-state index contributed by atoms with van der Waals surface area (Å²) < 4.78 is 0. The zero-order valence-electron chi connectivity index (χ0n) is 24.9. The molecule has 1 amide bonds. The number of carbonyl (C=O) groups is 1. The van der Waals surface area contributed by atoms with Crippen molar-refractivity contribution in [3.63, 3.8) is 0 Å². The van der Waals surface area contributed by atoms with Crippen LogP contribution in [-0.2, 0) is 16.6 Å². The molecule has 0 aliphatic carbocycles. The number of carbonyl (C=O) groups excluding carboxylic acids is 1. The first kappa shape index (κ1) is 26.5. The van der Waals surface area contributed by atoms with E-state index < -0.39 is 5.41 Å². The van der Waals surface area contributed by atoms with Crippen molar-refractivity contribution in [3.05, 3.63) is 71.4 Å². The molecule has 1 aromatic heterocycles. The summed E-state index contributed by atoms with van der Waals surface area (Å²) in [5.74, 6) is 1.26. The van der Waals surface area contributed by atoms with Crippen molar-refractivity contribution in [1.29, 1.82) is 0 Å². The number of aromatic nitrogens is 1. The molecule has 1 spiro atoms. The van der Waals surface area contributed by atoms with Crippen LogP contribution in [0.2, 0.25) is 0 Å². The molecular weight excluding hydrogens is 522 g/mol. The van der Waals surface area contributed by atoms with Gasteiger partial charge in [0.05, 0.1) is 17.1 Å². The van der Waals surface area contributed by atoms with Gasteiger partial charge >= 0.3 is 0 Å². The lowest BCUT2D eigenvalue weighted by atomic mass is 9.67. The number of aromatic hydroxyl groups is 1. The third-order valence-corrected chi connectivity index (χ3v) is 11.8. The third kappa shape index (κ3) is 3.66. The van der Waals surface area contributed by atoms with Gasteiger partial charge in [0.1, 0.15) is 5.75 Å². The predicted molar refractivity (Wildman–Crippen MR) is 167 cm³/mol. The highest BCUT2D eigenvalue weighted by molar-refractivity contribution is 6.08. The highest BCUT2D eigenvalue weighted by Gasteiger charge is 2.60. The van der Waals surface area contributed by atoms with Crippen molar-refractivity contribution in [2.45, 2.75) is 62.1 Å². The Hall–Kier alpha value is -3.13. The number of para-hydroxylation sites is 1. The fourth-order valence-electron chi connectivity index (χ4n) is 9.62. The fraction of sp³-hybridized carbons (Fsp3) is 0.514. The molecule has 0 saturated carbocycles. The quantitative estimate of drug-likeness (QED) is 0.372. The summed E-state index contributed by atoms with van der Waals surface area (Å²) in [4.78, 5) is 25.4. The molecule has 3 N–H and O–H groups in total. The smallest absolute Gasteiger partial charge is 0.236 e. The Morgan fingerprint density at radius 3 is 2.79 bits per heavy atom. The monoisotopic (exact) mass is 565 g/mol. The van der Waals surface area contributed by atoms with E-state index in [2.05, 4.69) is 76.0 Å². The van der Waals surface area contributed by atoms with E-state index in [-0.39, 0.29) is 18.0 Å². The average Bonchev–Trinajstić information content (AvgIpc) is 3.75. The van der Waals surface area contributed by atoms with Crippen molar-refractivity contribution in [1.82, 2.24) is 19.7 Å². The van der Waals surface area contributed by atoms with Crippen LogP contribution in [0.1, 0.15) is 66.6 Å². The second kappa shape index (κ2) is 9.69. The average molecular weight is 566 g/mol. The largest absolute Gasteiger partial charge is 0.508 e. The van der Waals surface area contributed by atoms with Gasteiger partial charge in [0.15, 0.2) is 0 Å². The van der Waals surface area contributed by atoms with Crippen molar-refractivity contribution < 1.29 is 9.90 Å². The van der Waals surface area contributed by atoms with Gasteiger partial charge in [0.2, 0.25) is 5.91 Å². The molecule has 3 saturated heterocycles. The van der Waals surface area contributed by atoms with Crippen LogP contribution in [0.3, 0.4) is 0 Å². The Morgan fingerprint density at radius 2 is 1.98 bits per heavy atom. The third-order valence-electron chi connectivity index (χ3n) is 11.8. The van der Waals surface area contributed by atoms with E-state index in [0.717, 1.165) is 81.5 Å². The van der Waals surface area contributed by atoms with Crippen molar-refractivity contribution in [3.8, 4) is 5.75 Å². The number of rotatable bonds is 4. The van der Waals surface area contributed by atoms with E-state index >= 15 is 0 Å². The zero-order chi connectivity index (χ0) is 28.7. The van der Waals surface area contributed by atoms with Gasteiger partial charge in [-0.25, -0.2) is 0 Å². The van der Waals surface area contributed by atoms with Crippen LogP contribution in [0.5, 0.6) is 5.75 Å². The van der Waals surface area contributed by atoms with E-state index in [1.807, 2.05) is 12.1 Å². The molecule has 6 atom stereocenters. The number of phenols is 1. The number of likely N-dealkylation sites (N-methyl/N-ethyl adjacent to an activating group) is 1. The maximum atomic E-state index is 14.2. The molecule has 0 radical (unpaired) electrons. The van der Waals surface area contributed by atoms with Crippen LogP contribution in [-0.4, -0.2) is 77.0 Å². The zero-order valence-corrected chi connectivity index (χ0v) is 24.9. The van der Waals surface area contributed by atoms with Crippen LogP contribution < -0.4 is 5.32 Å². The molecule has 42 heavy (non-hydrogen) atoms. The Bertz CT molecular complexity index is 1580. The molecule has 5 aliphatic heterocycles. The van der Waals surface area contributed by atoms with E-state index in [0.29, 0.717) is 23.6 Å². The number of H-pyrrole nitrogens is 1. The second-order valence-corrected chi connectivity index (χ2v) is 13.7. The highest BCUT2D eigenvalue weighted by Crippen LogP contribution is 2.56. The molecule has 0 bridgehead atoms. The molecular formula is C35H43N5O2. The predicted octanol–water partition coefficient (Wildman–Crippen LogP) is 5.35. The Kier molecular flexibility index (Phi) is 6.12. The summed E-state index contributed by atoms with van der Waals surface area (Å²) >= 11 is 0. The summed E-state index contributed by atoms with van der Waals surface area (Å²) in [6.45, 7) is 8.24. The standard InChI is InChI=1S/C35H43N5O2/c1-4-21-20-40-17-14-35(25-11-12-29(41)31(33(25)37-34(35)42)27-10-7-15-38(27)2)30(40)19-22(21)18-28-32-24(13-16-39(28)3)23-8-5-6-9-26(23)36-32/h4-6,8-9,11-12,21-22,27-28,30,36,41H,1,7,10,13-20H2,2-3H3,(H,37,42)/t21-,22-,27+,28-,30-,35+/m0/s1. The second-order valence-electron chi connectivity index (χ2n) is 13.7. The van der Waals surface area contributed by atoms with E-state index in [1.54, 1.807) is 0 Å². The number of phenolic OH excluding ortho intramolecular Hbond substituents is 1. The van der Waals surface area contributed by atoms with Crippen molar-refractivity contribution in [2.24, 2.45) is 11.8 Å². The summed E-state index contributed by atoms with van der Waals surface area (Å²) in [6, 6.07) is 13.2. The lowest BCUT2D eigenvalue weighted by Crippen LogP contribution is -2.53. The molecule has 2 aromatic carbocycles. The maximum Gasteiger partial charge on any atom is 0.236 e. The molecule has 7 heteroatoms. The SMILES string of the molecule is C=C[C@H]1CN2CC[C@]3(C(=O)Nc4c3ccc(O)c4[C@H]3CCCN3C)[C@@H]2C[C@@H]1C[C@H]1c2[nH]c3ccccc3c2CCN1C. The lowest BCUT2D eigenvalue weighted by molar-refractivity contribution is -0.122. The normalized spacial score (nSPS) is 33.2. The molecule has 6 heterocycles. The molecule has 5 aliphatic rings. The minimum absolute atomic E-state index is 0.126. The first-order valence-corrected chi connectivity index (χ1v) is 15.9. The molecule has 7 nitrogen and oxygen atoms in total. The summed E-state index contributed by atoms with van der Waals surface area (Å²) in [5.41, 5.74) is 6.44. The maximum absolute atomic E-state index is 14.2. The first-order chi connectivity index (χ1) is 20.4. The molecule has 220 valence electrons. The fourth-order valence-corrected chi connectivity index (χ4v) is 9.62. The van der Waals surface area contributed by atoms with E-state index in [9.17, 15) is 9.90 Å². The minimum Gasteiger partial charge on any atom is -0.508 e. The summed E-state index contributed by atoms with van der Waals surface area (Å²) in [5, 5.41) is 15.7. The molecule has 3 fully saturated rings. The lowest BCUT2D eigenvalue weighted by Gasteiger charge is -2.46. The van der Waals surface area contributed by atoms with Gasteiger partial charge < -0.3 is 15.4 Å². The van der Waals surface area contributed by atoms with Crippen molar-refractivity contribution >= 4 is 22.5 Å². The number of benzene rings is 2. The number of fused-ring (bicyclic) bond motifs is 7. The molecule has 3 aromatic rings. The molecule has 8 rings (SSSR count). The number of nitrogens with zero attached hydrogens (tertiary/aromatic N) is 3. The van der Waals surface area contributed by atoms with Crippen LogP contribution in [0.4, 0.5) is 5.69 Å². The number of hydrogen-bond donors (Lipinski definition) is 3. The van der Waals surface area contributed by atoms with Crippen LogP contribution >= 0.6 is 0 Å². The number of nitrogens with one attached hydrogen (secondary N) is 2. The van der Waals surface area contributed by atoms with Gasteiger partial charge in [0.25, 0.3) is 0 Å². The Labute approximate surface area is 248 Å². The van der Waals surface area contributed by atoms with Gasteiger partial charge in [-0.05, 0) is 101 Å². The Balaban J connectivity index is 1.15. The Morgan fingerprint density at radius 1 is 1.12 bits per heavy atom. The summed E-state index contributed by atoms with van der Waals surface area (Å²) in [6.07, 6.45) is 8.22. The topological polar surface area (TPSA) is 74.8 Å². The number of aromatic amines is 1. The van der Waals surface area contributed by atoms with E-state index in [4.69, 9.17) is 0 Å². The highest BCUT2D eigenvalue weighted by atomic mass is 16.3. The van der Waals surface area contributed by atoms with E-state index in [1.165, 1.54) is 22.2 Å². The summed E-state index contributed by atoms with van der Waals surface area (Å²) in [7, 11) is 4.39. The molecule has 0 unspecified atom stereocenters. The van der Waals surface area contributed by atoms with Crippen LogP contribution in [0.25, 0.3) is 10.9 Å². The van der Waals surface area contributed by atoms with Crippen LogP contribution in [0.15, 0.2) is 49.1 Å². The number of piperidine rings is 1. The van der Waals surface area contributed by atoms with Crippen LogP contribution in [0, 0.1) is 11.8 Å². The number of hydrogen-bond acceptors (Lipinski definition) is 5. The van der Waals surface area contributed by atoms with Gasteiger partial charge in [-0.1, -0.05) is 30.3 Å². The van der Waals surface area contributed by atoms with Gasteiger partial charge in [-0.3, -0.25) is 19.5 Å². The van der Waals surface area contributed by atoms with Gasteiger partial charge in [-0.15, -0.1) is 6.58 Å². The minimum atomic E-state index is -0.565.